The van der Waals surface area contributed by atoms with Crippen molar-refractivity contribution in [1.82, 2.24) is 10.3 Å². The number of aromatic nitrogens is 1. The molecule has 10 heteroatoms. The molecule has 3 aromatic rings. The van der Waals surface area contributed by atoms with Gasteiger partial charge in [-0.1, -0.05) is 65.4 Å². The van der Waals surface area contributed by atoms with E-state index >= 15 is 0 Å². The van der Waals surface area contributed by atoms with Gasteiger partial charge in [-0.05, 0) is 41.4 Å². The summed E-state index contributed by atoms with van der Waals surface area (Å²) in [7, 11) is 1.56. The number of carbonyl (C=O) groups excluding carboxylic acids is 2. The first kappa shape index (κ1) is 31.3. The first-order valence-corrected chi connectivity index (χ1v) is 15.0. The Morgan fingerprint density at radius 2 is 1.70 bits per heavy atom. The molecule has 0 aliphatic carbocycles. The quantitative estimate of drug-likeness (QED) is 0.144. The maximum atomic E-state index is 12.8. The van der Waals surface area contributed by atoms with Crippen molar-refractivity contribution in [2.45, 2.75) is 80.9 Å². The molecule has 0 unspecified atom stereocenters. The van der Waals surface area contributed by atoms with E-state index in [0.717, 1.165) is 30.2 Å². The third-order valence-corrected chi connectivity index (χ3v) is 9.35. The van der Waals surface area contributed by atoms with Gasteiger partial charge in [-0.3, -0.25) is 9.59 Å². The summed E-state index contributed by atoms with van der Waals surface area (Å²) in [6.07, 6.45) is 2.06. The first-order chi connectivity index (χ1) is 18.8. The van der Waals surface area contributed by atoms with E-state index in [-0.39, 0.29) is 47.0 Å². The van der Waals surface area contributed by atoms with Crippen LogP contribution in [0.15, 0.2) is 44.9 Å². The smallest absolute Gasteiger partial charge is 0.262 e. The maximum Gasteiger partial charge on any atom is 0.262 e. The minimum absolute atomic E-state index is 0.0197. The predicted molar refractivity (Wildman–Crippen MR) is 161 cm³/mol. The Hall–Kier alpha value is -3.24. The number of phenolic OH excluding ortho intramolecular Hbond substituents is 2. The van der Waals surface area contributed by atoms with Gasteiger partial charge in [0.25, 0.3) is 5.91 Å². The van der Waals surface area contributed by atoms with E-state index in [2.05, 4.69) is 69.3 Å². The normalized spacial score (nSPS) is 11.8. The molecule has 0 aliphatic heterocycles. The van der Waals surface area contributed by atoms with Gasteiger partial charge in [-0.25, -0.2) is 4.98 Å². The van der Waals surface area contributed by atoms with Crippen molar-refractivity contribution in [2.75, 3.05) is 19.0 Å². The second-order valence-corrected chi connectivity index (χ2v) is 13.1. The van der Waals surface area contributed by atoms with Gasteiger partial charge in [0.1, 0.15) is 17.2 Å². The van der Waals surface area contributed by atoms with Crippen molar-refractivity contribution in [3.05, 3.63) is 52.5 Å². The van der Waals surface area contributed by atoms with Crippen LogP contribution in [0, 0.1) is 0 Å². The number of amides is 2. The Labute approximate surface area is 244 Å². The van der Waals surface area contributed by atoms with Crippen LogP contribution in [0.4, 0.5) is 5.69 Å². The van der Waals surface area contributed by atoms with Gasteiger partial charge in [-0.2, -0.15) is 0 Å². The van der Waals surface area contributed by atoms with E-state index < -0.39 is 5.91 Å². The third-order valence-electron chi connectivity index (χ3n) is 7.32. The molecule has 2 amide bonds. The number of nitrogens with one attached hydrogen (secondary N) is 2. The lowest BCUT2D eigenvalue weighted by atomic mass is 9.76. The average Bonchev–Trinajstić information content (AvgIpc) is 3.36. The molecule has 0 saturated carbocycles. The van der Waals surface area contributed by atoms with Crippen molar-refractivity contribution in [1.29, 1.82) is 0 Å². The largest absolute Gasteiger partial charge is 0.507 e. The summed E-state index contributed by atoms with van der Waals surface area (Å²) in [6, 6.07) is 8.83. The fourth-order valence-electron chi connectivity index (χ4n) is 3.83. The molecule has 0 radical (unpaired) electrons. The predicted octanol–water partition coefficient (Wildman–Crippen LogP) is 6.39. The van der Waals surface area contributed by atoms with Crippen LogP contribution in [0.1, 0.15) is 71.2 Å². The number of anilines is 1. The Bertz CT molecular complexity index is 1370. The van der Waals surface area contributed by atoms with E-state index in [1.165, 1.54) is 29.0 Å². The molecule has 4 N–H and O–H groups in total. The highest BCUT2D eigenvalue weighted by Gasteiger charge is 2.27. The summed E-state index contributed by atoms with van der Waals surface area (Å²) < 4.78 is 6.58. The molecule has 0 saturated heterocycles. The SMILES string of the molecule is CCC(C)(C)c1ccc(OCC(=O)Nc2cc(O)c(Sc3nc(CC(=O)NC)cs3)cc2O)c(C(C)(C)CC)c1. The van der Waals surface area contributed by atoms with Crippen molar-refractivity contribution >= 4 is 40.6 Å². The summed E-state index contributed by atoms with van der Waals surface area (Å²) >= 11 is 2.49. The molecule has 0 bridgehead atoms. The summed E-state index contributed by atoms with van der Waals surface area (Å²) in [5.41, 5.74) is 2.83. The number of hydrogen-bond donors (Lipinski definition) is 4. The molecule has 1 heterocycles. The zero-order valence-corrected chi connectivity index (χ0v) is 25.8. The second-order valence-electron chi connectivity index (χ2n) is 10.9. The number of phenols is 2. The molecular weight excluding hydrogens is 546 g/mol. The number of ether oxygens (including phenoxy) is 1. The van der Waals surface area contributed by atoms with Crippen LogP contribution >= 0.6 is 23.1 Å². The van der Waals surface area contributed by atoms with Crippen LogP contribution < -0.4 is 15.4 Å². The van der Waals surface area contributed by atoms with Crippen molar-refractivity contribution in [2.24, 2.45) is 0 Å². The summed E-state index contributed by atoms with van der Waals surface area (Å²) in [5, 5.41) is 28.0. The molecule has 0 spiro atoms. The minimum atomic E-state index is -0.466. The van der Waals surface area contributed by atoms with Crippen LogP contribution in [0.2, 0.25) is 0 Å². The number of aromatic hydroxyl groups is 2. The van der Waals surface area contributed by atoms with E-state index in [1.54, 1.807) is 12.4 Å². The molecule has 216 valence electrons. The van der Waals surface area contributed by atoms with Crippen molar-refractivity contribution in [3.63, 3.8) is 0 Å². The van der Waals surface area contributed by atoms with Gasteiger partial charge in [-0.15, -0.1) is 11.3 Å². The Morgan fingerprint density at radius 1 is 1.00 bits per heavy atom. The first-order valence-electron chi connectivity index (χ1n) is 13.3. The molecule has 0 aliphatic rings. The van der Waals surface area contributed by atoms with Crippen molar-refractivity contribution < 1.29 is 24.5 Å². The fraction of sp³-hybridized carbons (Fsp3) is 0.433. The number of likely N-dealkylation sites (N-methyl/N-ethyl adjacent to an activating group) is 1. The molecule has 0 fully saturated rings. The van der Waals surface area contributed by atoms with Crippen LogP contribution in [-0.4, -0.2) is 40.7 Å². The minimum Gasteiger partial charge on any atom is -0.507 e. The number of carbonyl (C=O) groups is 2. The molecule has 2 aromatic carbocycles. The van der Waals surface area contributed by atoms with Gasteiger partial charge in [0.2, 0.25) is 5.91 Å². The molecule has 3 rings (SSSR count). The zero-order valence-electron chi connectivity index (χ0n) is 24.2. The zero-order chi connectivity index (χ0) is 29.7. The standard InChI is InChI=1S/C30H39N3O5S2/c1-8-29(3,4)18-10-11-24(20(12-18)30(5,6)9-2)38-16-27(37)33-21-14-23(35)25(15-22(21)34)40-28-32-19(17-39-28)13-26(36)31-7/h10-12,14-15,17,34-35H,8-9,13,16H2,1-7H3,(H,31,36)(H,33,37). The topological polar surface area (TPSA) is 121 Å². The van der Waals surface area contributed by atoms with Gasteiger partial charge in [0, 0.05) is 24.1 Å². The number of benzene rings is 2. The Morgan fingerprint density at radius 3 is 2.35 bits per heavy atom. The lowest BCUT2D eigenvalue weighted by Gasteiger charge is -2.30. The van der Waals surface area contributed by atoms with Gasteiger partial charge in [0.05, 0.1) is 22.7 Å². The molecule has 40 heavy (non-hydrogen) atoms. The lowest BCUT2D eigenvalue weighted by molar-refractivity contribution is -0.120. The highest BCUT2D eigenvalue weighted by Crippen LogP contribution is 2.42. The van der Waals surface area contributed by atoms with E-state index in [1.807, 2.05) is 6.07 Å². The summed E-state index contributed by atoms with van der Waals surface area (Å²) in [5.74, 6) is -0.283. The van der Waals surface area contributed by atoms with Gasteiger partial charge < -0.3 is 25.6 Å². The summed E-state index contributed by atoms with van der Waals surface area (Å²) in [4.78, 5) is 29.1. The fourth-order valence-corrected chi connectivity index (χ4v) is 5.67. The van der Waals surface area contributed by atoms with Crippen LogP contribution in [0.3, 0.4) is 0 Å². The van der Waals surface area contributed by atoms with Crippen LogP contribution in [0.5, 0.6) is 17.2 Å². The third kappa shape index (κ3) is 7.69. The summed E-state index contributed by atoms with van der Waals surface area (Å²) in [6.45, 7) is 12.8. The molecular formula is C30H39N3O5S2. The second kappa shape index (κ2) is 13.0. The molecule has 0 atom stereocenters. The van der Waals surface area contributed by atoms with E-state index in [0.29, 0.717) is 20.7 Å². The highest BCUT2D eigenvalue weighted by molar-refractivity contribution is 8.01. The number of thiazole rings is 1. The maximum absolute atomic E-state index is 12.8. The molecule has 8 nitrogen and oxygen atoms in total. The van der Waals surface area contributed by atoms with E-state index in [4.69, 9.17) is 4.74 Å². The number of hydrogen-bond acceptors (Lipinski definition) is 8. The average molecular weight is 586 g/mol. The number of rotatable bonds is 12. The lowest BCUT2D eigenvalue weighted by Crippen LogP contribution is -2.24. The Kier molecular flexibility index (Phi) is 10.1. The highest BCUT2D eigenvalue weighted by atomic mass is 32.2. The monoisotopic (exact) mass is 585 g/mol. The van der Waals surface area contributed by atoms with Crippen LogP contribution in [-0.2, 0) is 26.8 Å². The molecule has 1 aromatic heterocycles. The van der Waals surface area contributed by atoms with Crippen molar-refractivity contribution in [3.8, 4) is 17.2 Å². The number of nitrogens with zero attached hydrogens (tertiary/aromatic N) is 1. The van der Waals surface area contributed by atoms with Gasteiger partial charge >= 0.3 is 0 Å². The van der Waals surface area contributed by atoms with E-state index in [9.17, 15) is 19.8 Å². The Balaban J connectivity index is 1.70. The van der Waals surface area contributed by atoms with Gasteiger partial charge in [0.15, 0.2) is 10.9 Å². The van der Waals surface area contributed by atoms with Crippen LogP contribution in [0.25, 0.3) is 0 Å².